The number of carbonyl (C=O) groups excluding carboxylic acids is 2. The number of carbonyl (C=O) groups is 2. The van der Waals surface area contributed by atoms with Crippen molar-refractivity contribution in [2.24, 2.45) is 0 Å². The van der Waals surface area contributed by atoms with Crippen LogP contribution in [-0.2, 0) is 16.0 Å². The minimum atomic E-state index is -0.457. The molecule has 1 atom stereocenters. The number of ether oxygens (including phenoxy) is 1. The van der Waals surface area contributed by atoms with E-state index in [9.17, 15) is 9.59 Å². The summed E-state index contributed by atoms with van der Waals surface area (Å²) < 4.78 is 5.48. The third kappa shape index (κ3) is 4.66. The molecule has 30 heavy (non-hydrogen) atoms. The molecule has 4 rings (SSSR count). The summed E-state index contributed by atoms with van der Waals surface area (Å²) in [7, 11) is 1.64. The number of methoxy groups -OCH3 is 1. The molecule has 1 aliphatic heterocycles. The standard InChI is InChI=1S/C24H22N2O3S/c1-29-20-12-11-18(14-17(20)13-16-7-3-2-4-8-16)25-23(27)15-22-24(28)26-19-9-5-6-10-21(19)30-22/h2-12,14,22H,13,15H2,1H3,(H,25,27)(H,26,28). The van der Waals surface area contributed by atoms with Crippen LogP contribution in [0.4, 0.5) is 11.4 Å². The van der Waals surface area contributed by atoms with E-state index in [0.717, 1.165) is 27.5 Å². The number of rotatable bonds is 6. The van der Waals surface area contributed by atoms with Crippen LogP contribution in [0.15, 0.2) is 77.7 Å². The molecule has 152 valence electrons. The van der Waals surface area contributed by atoms with Crippen molar-refractivity contribution < 1.29 is 14.3 Å². The summed E-state index contributed by atoms with van der Waals surface area (Å²) in [4.78, 5) is 26.0. The van der Waals surface area contributed by atoms with Crippen molar-refractivity contribution in [3.05, 3.63) is 83.9 Å². The maximum atomic E-state index is 12.6. The van der Waals surface area contributed by atoms with Crippen LogP contribution in [0.25, 0.3) is 0 Å². The molecule has 6 heteroatoms. The molecular weight excluding hydrogens is 396 g/mol. The second-order valence-electron chi connectivity index (χ2n) is 7.03. The maximum Gasteiger partial charge on any atom is 0.238 e. The number of hydrogen-bond acceptors (Lipinski definition) is 4. The highest BCUT2D eigenvalue weighted by Gasteiger charge is 2.28. The third-order valence-electron chi connectivity index (χ3n) is 4.88. The molecule has 1 unspecified atom stereocenters. The minimum Gasteiger partial charge on any atom is -0.496 e. The van der Waals surface area contributed by atoms with E-state index >= 15 is 0 Å². The van der Waals surface area contributed by atoms with Crippen molar-refractivity contribution >= 4 is 35.0 Å². The van der Waals surface area contributed by atoms with Crippen LogP contribution in [0.3, 0.4) is 0 Å². The first-order chi connectivity index (χ1) is 14.6. The number of hydrogen-bond donors (Lipinski definition) is 2. The third-order valence-corrected chi connectivity index (χ3v) is 6.15. The van der Waals surface area contributed by atoms with Crippen LogP contribution in [0, 0.1) is 0 Å². The van der Waals surface area contributed by atoms with Gasteiger partial charge in [0.05, 0.1) is 18.0 Å². The summed E-state index contributed by atoms with van der Waals surface area (Å²) in [6, 6.07) is 23.3. The summed E-state index contributed by atoms with van der Waals surface area (Å²) in [5.41, 5.74) is 3.63. The second kappa shape index (κ2) is 9.05. The summed E-state index contributed by atoms with van der Waals surface area (Å²) in [5, 5.41) is 5.34. The maximum absolute atomic E-state index is 12.6. The lowest BCUT2D eigenvalue weighted by atomic mass is 10.0. The lowest BCUT2D eigenvalue weighted by Gasteiger charge is -2.23. The van der Waals surface area contributed by atoms with Gasteiger partial charge in [0.25, 0.3) is 0 Å². The summed E-state index contributed by atoms with van der Waals surface area (Å²) in [6.07, 6.45) is 0.802. The van der Waals surface area contributed by atoms with Gasteiger partial charge in [0, 0.05) is 29.0 Å². The van der Waals surface area contributed by atoms with E-state index in [0.29, 0.717) is 12.1 Å². The zero-order valence-corrected chi connectivity index (χ0v) is 17.4. The molecular formula is C24H22N2O3S. The molecule has 0 spiro atoms. The first kappa shape index (κ1) is 20.0. The number of para-hydroxylation sites is 1. The Morgan fingerprint density at radius 3 is 2.63 bits per heavy atom. The molecule has 0 fully saturated rings. The molecule has 2 N–H and O–H groups in total. The van der Waals surface area contributed by atoms with Gasteiger partial charge in [0.1, 0.15) is 5.75 Å². The van der Waals surface area contributed by atoms with Gasteiger partial charge in [-0.1, -0.05) is 42.5 Å². The largest absolute Gasteiger partial charge is 0.496 e. The number of nitrogens with one attached hydrogen (secondary N) is 2. The monoisotopic (exact) mass is 418 g/mol. The van der Waals surface area contributed by atoms with Crippen molar-refractivity contribution in [2.75, 3.05) is 17.7 Å². The van der Waals surface area contributed by atoms with Crippen LogP contribution < -0.4 is 15.4 Å². The SMILES string of the molecule is COc1ccc(NC(=O)CC2Sc3ccccc3NC2=O)cc1Cc1ccccc1. The van der Waals surface area contributed by atoms with E-state index in [4.69, 9.17) is 4.74 Å². The summed E-state index contributed by atoms with van der Waals surface area (Å²) >= 11 is 1.42. The molecule has 0 saturated heterocycles. The van der Waals surface area contributed by atoms with E-state index in [-0.39, 0.29) is 18.2 Å². The first-order valence-corrected chi connectivity index (χ1v) is 10.6. The number of fused-ring (bicyclic) bond motifs is 1. The van der Waals surface area contributed by atoms with E-state index in [1.54, 1.807) is 7.11 Å². The molecule has 0 saturated carbocycles. The second-order valence-corrected chi connectivity index (χ2v) is 8.28. The Bertz CT molecular complexity index is 1070. The molecule has 1 aliphatic rings. The minimum absolute atomic E-state index is 0.102. The quantitative estimate of drug-likeness (QED) is 0.607. The van der Waals surface area contributed by atoms with Crippen LogP contribution >= 0.6 is 11.8 Å². The Labute approximate surface area is 179 Å². The zero-order valence-electron chi connectivity index (χ0n) is 16.6. The van der Waals surface area contributed by atoms with Gasteiger partial charge >= 0.3 is 0 Å². The fraction of sp³-hybridized carbons (Fsp3) is 0.167. The molecule has 3 aromatic rings. The van der Waals surface area contributed by atoms with Gasteiger partial charge in [0.2, 0.25) is 11.8 Å². The fourth-order valence-electron chi connectivity index (χ4n) is 3.42. The van der Waals surface area contributed by atoms with Crippen LogP contribution in [0.1, 0.15) is 17.5 Å². The molecule has 0 bridgehead atoms. The average Bonchev–Trinajstić information content (AvgIpc) is 2.75. The van der Waals surface area contributed by atoms with Gasteiger partial charge in [0.15, 0.2) is 0 Å². The van der Waals surface area contributed by atoms with Crippen molar-refractivity contribution in [1.29, 1.82) is 0 Å². The number of benzene rings is 3. The molecule has 1 heterocycles. The van der Waals surface area contributed by atoms with E-state index < -0.39 is 5.25 Å². The molecule has 2 amide bonds. The van der Waals surface area contributed by atoms with Gasteiger partial charge in [-0.25, -0.2) is 0 Å². The summed E-state index contributed by atoms with van der Waals surface area (Å²) in [6.45, 7) is 0. The topological polar surface area (TPSA) is 67.4 Å². The first-order valence-electron chi connectivity index (χ1n) is 9.69. The van der Waals surface area contributed by atoms with Crippen molar-refractivity contribution in [3.8, 4) is 5.75 Å². The van der Waals surface area contributed by atoms with Crippen molar-refractivity contribution in [2.45, 2.75) is 23.0 Å². The zero-order chi connectivity index (χ0) is 20.9. The average molecular weight is 419 g/mol. The Hall–Kier alpha value is -3.25. The molecule has 3 aromatic carbocycles. The summed E-state index contributed by atoms with van der Waals surface area (Å²) in [5.74, 6) is 0.432. The van der Waals surface area contributed by atoms with Crippen LogP contribution in [-0.4, -0.2) is 24.2 Å². The Morgan fingerprint density at radius 2 is 1.83 bits per heavy atom. The molecule has 0 aromatic heterocycles. The fourth-order valence-corrected chi connectivity index (χ4v) is 4.53. The highest BCUT2D eigenvalue weighted by Crippen LogP contribution is 2.36. The smallest absolute Gasteiger partial charge is 0.238 e. The lowest BCUT2D eigenvalue weighted by Crippen LogP contribution is -2.32. The predicted octanol–water partition coefficient (Wildman–Crippen LogP) is 4.73. The Kier molecular flexibility index (Phi) is 6.05. The van der Waals surface area contributed by atoms with Gasteiger partial charge in [-0.15, -0.1) is 11.8 Å². The van der Waals surface area contributed by atoms with Gasteiger partial charge < -0.3 is 15.4 Å². The number of amides is 2. The molecule has 5 nitrogen and oxygen atoms in total. The number of anilines is 2. The highest BCUT2D eigenvalue weighted by molar-refractivity contribution is 8.01. The van der Waals surface area contributed by atoms with E-state index in [1.807, 2.05) is 60.7 Å². The lowest BCUT2D eigenvalue weighted by molar-refractivity contribution is -0.120. The number of thioether (sulfide) groups is 1. The Morgan fingerprint density at radius 1 is 1.07 bits per heavy atom. The van der Waals surface area contributed by atoms with E-state index in [1.165, 1.54) is 11.8 Å². The molecule has 0 aliphatic carbocycles. The van der Waals surface area contributed by atoms with E-state index in [2.05, 4.69) is 22.8 Å². The molecule has 0 radical (unpaired) electrons. The van der Waals surface area contributed by atoms with Gasteiger partial charge in [-0.3, -0.25) is 9.59 Å². The normalized spacial score (nSPS) is 15.1. The van der Waals surface area contributed by atoms with Gasteiger partial charge in [-0.05, 0) is 35.9 Å². The van der Waals surface area contributed by atoms with Crippen molar-refractivity contribution in [3.63, 3.8) is 0 Å². The predicted molar refractivity (Wildman–Crippen MR) is 120 cm³/mol. The van der Waals surface area contributed by atoms with Gasteiger partial charge in [-0.2, -0.15) is 0 Å². The van der Waals surface area contributed by atoms with Crippen molar-refractivity contribution in [1.82, 2.24) is 0 Å². The van der Waals surface area contributed by atoms with Crippen LogP contribution in [0.2, 0.25) is 0 Å². The Balaban J connectivity index is 1.44. The highest BCUT2D eigenvalue weighted by atomic mass is 32.2. The van der Waals surface area contributed by atoms with Crippen LogP contribution in [0.5, 0.6) is 5.75 Å².